The van der Waals surface area contributed by atoms with E-state index in [0.717, 1.165) is 5.01 Å². The fraction of sp³-hybridized carbons (Fsp3) is 0.444. The molecule has 0 aromatic carbocycles. The zero-order valence-electron chi connectivity index (χ0n) is 7.32. The van der Waals surface area contributed by atoms with Crippen molar-refractivity contribution >= 4 is 11.3 Å². The second-order valence-corrected chi connectivity index (χ2v) is 3.84. The Hall–Kier alpha value is -0.670. The molecule has 0 radical (unpaired) electrons. The minimum atomic E-state index is -0.617. The van der Waals surface area contributed by atoms with Crippen molar-refractivity contribution in [3.8, 4) is 0 Å². The van der Waals surface area contributed by atoms with Crippen molar-refractivity contribution in [2.75, 3.05) is 0 Å². The maximum atomic E-state index is 9.35. The van der Waals surface area contributed by atoms with Crippen LogP contribution in [0.25, 0.3) is 0 Å². The van der Waals surface area contributed by atoms with E-state index < -0.39 is 6.10 Å². The Bertz CT molecular complexity index is 267. The van der Waals surface area contributed by atoms with E-state index in [1.54, 1.807) is 11.3 Å². The highest BCUT2D eigenvalue weighted by molar-refractivity contribution is 7.09. The molecule has 0 saturated carbocycles. The standard InChI is InChI=1S/C9H13NOS/c1-4-8(11)7-5-12-9(10-7)6(2)3/h4-6,8,11H,1H2,2-3H3. The van der Waals surface area contributed by atoms with E-state index in [1.807, 2.05) is 5.38 Å². The lowest BCUT2D eigenvalue weighted by atomic mass is 10.2. The molecule has 0 amide bonds. The Morgan fingerprint density at radius 3 is 2.75 bits per heavy atom. The topological polar surface area (TPSA) is 33.1 Å². The van der Waals surface area contributed by atoms with E-state index in [0.29, 0.717) is 11.6 Å². The van der Waals surface area contributed by atoms with Crippen molar-refractivity contribution in [1.82, 2.24) is 4.98 Å². The van der Waals surface area contributed by atoms with Crippen LogP contribution in [0.1, 0.15) is 36.6 Å². The summed E-state index contributed by atoms with van der Waals surface area (Å²) in [7, 11) is 0. The smallest absolute Gasteiger partial charge is 0.115 e. The van der Waals surface area contributed by atoms with Crippen molar-refractivity contribution < 1.29 is 5.11 Å². The lowest BCUT2D eigenvalue weighted by Gasteiger charge is -1.99. The van der Waals surface area contributed by atoms with Gasteiger partial charge in [-0.2, -0.15) is 0 Å². The number of rotatable bonds is 3. The molecule has 0 saturated heterocycles. The number of aliphatic hydroxyl groups is 1. The summed E-state index contributed by atoms with van der Waals surface area (Å²) in [5, 5.41) is 12.3. The Morgan fingerprint density at radius 2 is 2.33 bits per heavy atom. The first-order chi connectivity index (χ1) is 5.65. The molecule has 1 atom stereocenters. The number of thiazole rings is 1. The van der Waals surface area contributed by atoms with Gasteiger partial charge in [0.2, 0.25) is 0 Å². The summed E-state index contributed by atoms with van der Waals surface area (Å²) >= 11 is 1.58. The van der Waals surface area contributed by atoms with Gasteiger partial charge in [-0.25, -0.2) is 4.98 Å². The molecule has 12 heavy (non-hydrogen) atoms. The van der Waals surface area contributed by atoms with Crippen molar-refractivity contribution in [2.24, 2.45) is 0 Å². The van der Waals surface area contributed by atoms with Crippen LogP contribution in [0.15, 0.2) is 18.0 Å². The van der Waals surface area contributed by atoms with Gasteiger partial charge in [-0.05, 0) is 0 Å². The minimum Gasteiger partial charge on any atom is -0.383 e. The van der Waals surface area contributed by atoms with E-state index in [2.05, 4.69) is 25.4 Å². The lowest BCUT2D eigenvalue weighted by molar-refractivity contribution is 0.224. The van der Waals surface area contributed by atoms with E-state index >= 15 is 0 Å². The Kier molecular flexibility index (Phi) is 3.00. The van der Waals surface area contributed by atoms with Crippen LogP contribution in [-0.2, 0) is 0 Å². The zero-order valence-corrected chi connectivity index (χ0v) is 8.14. The largest absolute Gasteiger partial charge is 0.383 e. The van der Waals surface area contributed by atoms with Gasteiger partial charge in [-0.15, -0.1) is 17.9 Å². The number of aliphatic hydroxyl groups excluding tert-OH is 1. The quantitative estimate of drug-likeness (QED) is 0.730. The molecule has 3 heteroatoms. The first-order valence-electron chi connectivity index (χ1n) is 3.91. The van der Waals surface area contributed by atoms with E-state index in [-0.39, 0.29) is 0 Å². The van der Waals surface area contributed by atoms with Crippen LogP contribution >= 0.6 is 11.3 Å². The number of hydrogen-bond donors (Lipinski definition) is 1. The van der Waals surface area contributed by atoms with Crippen molar-refractivity contribution in [1.29, 1.82) is 0 Å². The third-order valence-electron chi connectivity index (χ3n) is 1.56. The predicted molar refractivity (Wildman–Crippen MR) is 51.4 cm³/mol. The average molecular weight is 183 g/mol. The van der Waals surface area contributed by atoms with Crippen LogP contribution in [0.3, 0.4) is 0 Å². The molecule has 1 rings (SSSR count). The van der Waals surface area contributed by atoms with E-state index in [4.69, 9.17) is 0 Å². The molecular weight excluding hydrogens is 170 g/mol. The van der Waals surface area contributed by atoms with Gasteiger partial charge in [0.25, 0.3) is 0 Å². The molecule has 0 aliphatic carbocycles. The molecule has 66 valence electrons. The summed E-state index contributed by atoms with van der Waals surface area (Å²) in [4.78, 5) is 4.28. The molecule has 1 heterocycles. The SMILES string of the molecule is C=CC(O)c1csc(C(C)C)n1. The maximum Gasteiger partial charge on any atom is 0.115 e. The van der Waals surface area contributed by atoms with Gasteiger partial charge in [-0.3, -0.25) is 0 Å². The fourth-order valence-electron chi connectivity index (χ4n) is 0.822. The molecule has 1 aromatic rings. The van der Waals surface area contributed by atoms with Gasteiger partial charge in [0.15, 0.2) is 0 Å². The summed E-state index contributed by atoms with van der Waals surface area (Å²) < 4.78 is 0. The van der Waals surface area contributed by atoms with Gasteiger partial charge in [0, 0.05) is 11.3 Å². The first-order valence-corrected chi connectivity index (χ1v) is 4.79. The normalized spacial score (nSPS) is 13.3. The van der Waals surface area contributed by atoms with Gasteiger partial charge < -0.3 is 5.11 Å². The average Bonchev–Trinajstić information content (AvgIpc) is 2.51. The molecule has 1 aromatic heterocycles. The first kappa shape index (κ1) is 9.42. The Labute approximate surface area is 76.6 Å². The molecule has 2 nitrogen and oxygen atoms in total. The Balaban J connectivity index is 2.83. The van der Waals surface area contributed by atoms with Crippen LogP contribution in [0.4, 0.5) is 0 Å². The molecule has 0 fully saturated rings. The van der Waals surface area contributed by atoms with Crippen LogP contribution in [0.5, 0.6) is 0 Å². The van der Waals surface area contributed by atoms with Crippen LogP contribution in [-0.4, -0.2) is 10.1 Å². The molecular formula is C9H13NOS. The summed E-state index contributed by atoms with van der Waals surface area (Å²) in [5.41, 5.74) is 0.707. The molecule has 0 spiro atoms. The molecule has 0 aliphatic heterocycles. The van der Waals surface area contributed by atoms with Crippen LogP contribution in [0, 0.1) is 0 Å². The van der Waals surface area contributed by atoms with Crippen molar-refractivity contribution in [3.63, 3.8) is 0 Å². The highest BCUT2D eigenvalue weighted by Crippen LogP contribution is 2.22. The number of nitrogens with zero attached hydrogens (tertiary/aromatic N) is 1. The number of hydrogen-bond acceptors (Lipinski definition) is 3. The van der Waals surface area contributed by atoms with Crippen LogP contribution in [0.2, 0.25) is 0 Å². The predicted octanol–water partition coefficient (Wildman–Crippen LogP) is 2.49. The lowest BCUT2D eigenvalue weighted by Crippen LogP contribution is -1.94. The van der Waals surface area contributed by atoms with Gasteiger partial charge in [0.05, 0.1) is 10.7 Å². The minimum absolute atomic E-state index is 0.431. The maximum absolute atomic E-state index is 9.35. The second-order valence-electron chi connectivity index (χ2n) is 2.95. The molecule has 1 N–H and O–H groups in total. The van der Waals surface area contributed by atoms with E-state index in [9.17, 15) is 5.11 Å². The van der Waals surface area contributed by atoms with Crippen molar-refractivity contribution in [3.05, 3.63) is 28.7 Å². The van der Waals surface area contributed by atoms with Gasteiger partial charge in [0.1, 0.15) is 6.10 Å². The number of aromatic nitrogens is 1. The van der Waals surface area contributed by atoms with Crippen LogP contribution < -0.4 is 0 Å². The second kappa shape index (κ2) is 3.83. The summed E-state index contributed by atoms with van der Waals surface area (Å²) in [6.45, 7) is 7.68. The third-order valence-corrected chi connectivity index (χ3v) is 2.72. The Morgan fingerprint density at radius 1 is 1.67 bits per heavy atom. The van der Waals surface area contributed by atoms with Gasteiger partial charge in [-0.1, -0.05) is 19.9 Å². The third kappa shape index (κ3) is 1.93. The fourth-order valence-corrected chi connectivity index (χ4v) is 1.69. The summed E-state index contributed by atoms with van der Waals surface area (Å²) in [6.07, 6.45) is 0.868. The van der Waals surface area contributed by atoms with Crippen molar-refractivity contribution in [2.45, 2.75) is 25.9 Å². The summed E-state index contributed by atoms with van der Waals surface area (Å²) in [6, 6.07) is 0. The highest BCUT2D eigenvalue weighted by Gasteiger charge is 2.09. The highest BCUT2D eigenvalue weighted by atomic mass is 32.1. The monoisotopic (exact) mass is 183 g/mol. The van der Waals surface area contributed by atoms with E-state index in [1.165, 1.54) is 6.08 Å². The molecule has 0 aliphatic rings. The van der Waals surface area contributed by atoms with Gasteiger partial charge >= 0.3 is 0 Å². The zero-order chi connectivity index (χ0) is 9.14. The molecule has 0 bridgehead atoms. The summed E-state index contributed by atoms with van der Waals surface area (Å²) in [5.74, 6) is 0.431. The molecule has 1 unspecified atom stereocenters.